The Kier molecular flexibility index (Phi) is 4.30. The largest absolute Gasteiger partial charge is 0.384 e. The lowest BCUT2D eigenvalue weighted by molar-refractivity contribution is 0.900. The van der Waals surface area contributed by atoms with E-state index in [1.54, 1.807) is 11.3 Å². The average Bonchev–Trinajstić information content (AvgIpc) is 2.72. The zero-order valence-corrected chi connectivity index (χ0v) is 13.3. The second-order valence-corrected chi connectivity index (χ2v) is 6.55. The molecule has 3 N–H and O–H groups in total. The summed E-state index contributed by atoms with van der Waals surface area (Å²) in [5.41, 5.74) is 8.28. The van der Waals surface area contributed by atoms with Gasteiger partial charge in [-0.3, -0.25) is 5.41 Å². The van der Waals surface area contributed by atoms with Crippen molar-refractivity contribution in [2.75, 3.05) is 11.9 Å². The monoisotopic (exact) mass is 308 g/mol. The lowest BCUT2D eigenvalue weighted by atomic mass is 10.1. The number of rotatable bonds is 4. The van der Waals surface area contributed by atoms with Crippen molar-refractivity contribution in [2.24, 2.45) is 5.73 Å². The average molecular weight is 309 g/mol. The minimum atomic E-state index is 0.0426. The summed E-state index contributed by atoms with van der Waals surface area (Å²) in [7, 11) is 1.95. The van der Waals surface area contributed by atoms with E-state index in [1.165, 1.54) is 0 Å². The quantitative estimate of drug-likeness (QED) is 0.672. The number of nitrogen functional groups attached to an aromatic ring is 1. The number of aromatic nitrogens is 1. The van der Waals surface area contributed by atoms with Gasteiger partial charge in [0.15, 0.2) is 0 Å². The van der Waals surface area contributed by atoms with Crippen LogP contribution in [0.4, 0.5) is 5.82 Å². The highest BCUT2D eigenvalue weighted by atomic mass is 35.5. The van der Waals surface area contributed by atoms with Gasteiger partial charge in [0.25, 0.3) is 0 Å². The lowest BCUT2D eigenvalue weighted by Gasteiger charge is -2.22. The van der Waals surface area contributed by atoms with E-state index < -0.39 is 0 Å². The number of anilines is 1. The molecule has 0 unspecified atom stereocenters. The van der Waals surface area contributed by atoms with E-state index in [2.05, 4.69) is 4.98 Å². The molecule has 0 saturated carbocycles. The predicted molar refractivity (Wildman–Crippen MR) is 86.2 cm³/mol. The summed E-state index contributed by atoms with van der Waals surface area (Å²) in [6, 6.07) is 5.83. The second kappa shape index (κ2) is 5.81. The van der Waals surface area contributed by atoms with Crippen LogP contribution in [0.2, 0.25) is 4.34 Å². The molecule has 0 atom stereocenters. The van der Waals surface area contributed by atoms with E-state index in [9.17, 15) is 0 Å². The van der Waals surface area contributed by atoms with Crippen LogP contribution in [-0.4, -0.2) is 17.9 Å². The summed E-state index contributed by atoms with van der Waals surface area (Å²) in [6.07, 6.45) is 0. The van der Waals surface area contributed by atoms with Crippen molar-refractivity contribution >= 4 is 34.6 Å². The number of pyridine rings is 1. The van der Waals surface area contributed by atoms with Crippen LogP contribution in [0.3, 0.4) is 0 Å². The molecule has 0 aliphatic rings. The van der Waals surface area contributed by atoms with Crippen LogP contribution in [-0.2, 0) is 6.54 Å². The van der Waals surface area contributed by atoms with Crippen LogP contribution in [0, 0.1) is 19.3 Å². The lowest BCUT2D eigenvalue weighted by Crippen LogP contribution is -2.24. The molecule has 0 saturated heterocycles. The molecule has 106 valence electrons. The maximum absolute atomic E-state index is 7.76. The van der Waals surface area contributed by atoms with Crippen molar-refractivity contribution in [1.82, 2.24) is 4.98 Å². The molecule has 2 aromatic rings. The fraction of sp³-hybridized carbons (Fsp3) is 0.286. The van der Waals surface area contributed by atoms with Crippen molar-refractivity contribution in [3.05, 3.63) is 44.2 Å². The molecule has 2 heterocycles. The summed E-state index contributed by atoms with van der Waals surface area (Å²) in [6.45, 7) is 4.58. The number of amidine groups is 1. The SMILES string of the molecule is Cc1cc(C)c(C(=N)N)c(N(C)Cc2ccc(Cl)s2)n1. The molecule has 0 radical (unpaired) electrons. The predicted octanol–water partition coefficient (Wildman–Crippen LogP) is 3.33. The van der Waals surface area contributed by atoms with Crippen LogP contribution < -0.4 is 10.6 Å². The number of thiophene rings is 1. The Bertz CT molecular complexity index is 651. The number of nitrogens with two attached hydrogens (primary N) is 1. The standard InChI is InChI=1S/C14H17ClN4S/c1-8-6-9(2)18-14(12(8)13(16)17)19(3)7-10-4-5-11(15)20-10/h4-6H,7H2,1-3H3,(H3,16,17). The van der Waals surface area contributed by atoms with E-state index >= 15 is 0 Å². The van der Waals surface area contributed by atoms with Crippen molar-refractivity contribution < 1.29 is 0 Å². The first kappa shape index (κ1) is 14.8. The summed E-state index contributed by atoms with van der Waals surface area (Å²) >= 11 is 7.50. The maximum atomic E-state index is 7.76. The number of hydrogen-bond donors (Lipinski definition) is 2. The Morgan fingerprint density at radius 3 is 2.70 bits per heavy atom. The van der Waals surface area contributed by atoms with Gasteiger partial charge in [0.2, 0.25) is 0 Å². The third-order valence-corrected chi connectivity index (χ3v) is 4.19. The van der Waals surface area contributed by atoms with Gasteiger partial charge in [0.05, 0.1) is 16.4 Å². The van der Waals surface area contributed by atoms with Gasteiger partial charge in [-0.1, -0.05) is 11.6 Å². The van der Waals surface area contributed by atoms with E-state index in [0.717, 1.165) is 26.3 Å². The molecule has 0 aliphatic carbocycles. The Hall–Kier alpha value is -1.59. The van der Waals surface area contributed by atoms with E-state index in [4.69, 9.17) is 22.7 Å². The molecule has 2 aromatic heterocycles. The fourth-order valence-corrected chi connectivity index (χ4v) is 3.31. The molecule has 0 bridgehead atoms. The first-order chi connectivity index (χ1) is 9.38. The summed E-state index contributed by atoms with van der Waals surface area (Å²) in [4.78, 5) is 7.68. The van der Waals surface area contributed by atoms with Gasteiger partial charge in [-0.25, -0.2) is 4.98 Å². The third kappa shape index (κ3) is 3.11. The Morgan fingerprint density at radius 2 is 2.15 bits per heavy atom. The zero-order chi connectivity index (χ0) is 14.9. The van der Waals surface area contributed by atoms with Gasteiger partial charge in [-0.05, 0) is 37.6 Å². The number of aryl methyl sites for hydroxylation is 2. The molecule has 0 fully saturated rings. The van der Waals surface area contributed by atoms with E-state index in [1.807, 2.05) is 44.0 Å². The zero-order valence-electron chi connectivity index (χ0n) is 11.7. The first-order valence-corrected chi connectivity index (χ1v) is 7.36. The molecule has 0 aliphatic heterocycles. The smallest absolute Gasteiger partial charge is 0.140 e. The van der Waals surface area contributed by atoms with Crippen LogP contribution >= 0.6 is 22.9 Å². The van der Waals surface area contributed by atoms with E-state index in [0.29, 0.717) is 12.1 Å². The fourth-order valence-electron chi connectivity index (χ4n) is 2.17. The molecule has 0 amide bonds. The van der Waals surface area contributed by atoms with Crippen LogP contribution in [0.25, 0.3) is 0 Å². The van der Waals surface area contributed by atoms with Gasteiger partial charge in [-0.15, -0.1) is 11.3 Å². The normalized spacial score (nSPS) is 10.6. The van der Waals surface area contributed by atoms with E-state index in [-0.39, 0.29) is 5.84 Å². The van der Waals surface area contributed by atoms with Crippen LogP contribution in [0.15, 0.2) is 18.2 Å². The summed E-state index contributed by atoms with van der Waals surface area (Å²) in [5, 5.41) is 7.76. The topological polar surface area (TPSA) is 66.0 Å². The Balaban J connectivity index is 2.38. The van der Waals surface area contributed by atoms with Gasteiger partial charge in [0.1, 0.15) is 11.7 Å². The highest BCUT2D eigenvalue weighted by Crippen LogP contribution is 2.26. The molecule has 2 rings (SSSR count). The van der Waals surface area contributed by atoms with Crippen molar-refractivity contribution in [3.63, 3.8) is 0 Å². The van der Waals surface area contributed by atoms with Gasteiger partial charge < -0.3 is 10.6 Å². The first-order valence-electron chi connectivity index (χ1n) is 6.16. The third-order valence-electron chi connectivity index (χ3n) is 2.98. The minimum absolute atomic E-state index is 0.0426. The molecule has 4 nitrogen and oxygen atoms in total. The second-order valence-electron chi connectivity index (χ2n) is 4.75. The summed E-state index contributed by atoms with van der Waals surface area (Å²) in [5.74, 6) is 0.778. The van der Waals surface area contributed by atoms with Crippen molar-refractivity contribution in [3.8, 4) is 0 Å². The molecule has 0 spiro atoms. The Morgan fingerprint density at radius 1 is 1.45 bits per heavy atom. The van der Waals surface area contributed by atoms with Crippen molar-refractivity contribution in [1.29, 1.82) is 5.41 Å². The maximum Gasteiger partial charge on any atom is 0.140 e. The molecular formula is C14H17ClN4S. The van der Waals surface area contributed by atoms with Gasteiger partial charge in [0, 0.05) is 17.6 Å². The van der Waals surface area contributed by atoms with Gasteiger partial charge in [-0.2, -0.15) is 0 Å². The van der Waals surface area contributed by atoms with Crippen molar-refractivity contribution in [2.45, 2.75) is 20.4 Å². The highest BCUT2D eigenvalue weighted by molar-refractivity contribution is 7.16. The number of hydrogen-bond acceptors (Lipinski definition) is 4. The van der Waals surface area contributed by atoms with Crippen LogP contribution in [0.1, 0.15) is 21.7 Å². The molecule has 20 heavy (non-hydrogen) atoms. The number of nitrogens with one attached hydrogen (secondary N) is 1. The molecule has 0 aromatic carbocycles. The number of nitrogens with zero attached hydrogens (tertiary/aromatic N) is 2. The summed E-state index contributed by atoms with van der Waals surface area (Å²) < 4.78 is 0.772. The molecule has 6 heteroatoms. The number of halogens is 1. The molecular weight excluding hydrogens is 292 g/mol. The minimum Gasteiger partial charge on any atom is -0.384 e. The Labute approximate surface area is 127 Å². The van der Waals surface area contributed by atoms with Gasteiger partial charge >= 0.3 is 0 Å². The highest BCUT2D eigenvalue weighted by Gasteiger charge is 2.16. The van der Waals surface area contributed by atoms with Crippen LogP contribution in [0.5, 0.6) is 0 Å².